The minimum atomic E-state index is -0.626. The van der Waals surface area contributed by atoms with Gasteiger partial charge in [0.15, 0.2) is 11.5 Å². The molecule has 0 amide bonds. The Morgan fingerprint density at radius 3 is 2.41 bits per heavy atom. The van der Waals surface area contributed by atoms with Crippen molar-refractivity contribution in [1.29, 1.82) is 0 Å². The Kier molecular flexibility index (Phi) is 5.25. The average Bonchev–Trinajstić information content (AvgIpc) is 3.12. The molecule has 1 N–H and O–H groups in total. The minimum absolute atomic E-state index is 0.0117. The van der Waals surface area contributed by atoms with E-state index < -0.39 is 5.97 Å². The number of nitrogens with zero attached hydrogens (tertiary/aromatic N) is 3. The molecule has 2 heterocycles. The maximum Gasteiger partial charge on any atom is 0.361 e. The zero-order valence-electron chi connectivity index (χ0n) is 15.2. The molecular weight excluding hydrogens is 356 g/mol. The fourth-order valence-electron chi connectivity index (χ4n) is 2.51. The lowest BCUT2D eigenvalue weighted by Gasteiger charge is -2.15. The Labute approximate surface area is 154 Å². The number of ether oxygens (including phenoxy) is 4. The van der Waals surface area contributed by atoms with Gasteiger partial charge in [-0.15, -0.1) is 0 Å². The summed E-state index contributed by atoms with van der Waals surface area (Å²) < 4.78 is 26.1. The molecule has 0 aliphatic heterocycles. The van der Waals surface area contributed by atoms with Gasteiger partial charge in [0.25, 0.3) is 5.71 Å². The van der Waals surface area contributed by atoms with Crippen LogP contribution in [-0.4, -0.2) is 49.0 Å². The minimum Gasteiger partial charge on any atom is -0.493 e. The van der Waals surface area contributed by atoms with Crippen LogP contribution >= 0.6 is 0 Å². The zero-order chi connectivity index (χ0) is 19.4. The lowest BCUT2D eigenvalue weighted by atomic mass is 10.2. The van der Waals surface area contributed by atoms with E-state index in [4.69, 9.17) is 23.5 Å². The highest BCUT2D eigenvalue weighted by atomic mass is 16.5. The van der Waals surface area contributed by atoms with Gasteiger partial charge in [-0.2, -0.15) is 4.98 Å². The van der Waals surface area contributed by atoms with Crippen LogP contribution in [0.5, 0.6) is 17.2 Å². The van der Waals surface area contributed by atoms with Crippen molar-refractivity contribution < 1.29 is 28.3 Å². The summed E-state index contributed by atoms with van der Waals surface area (Å²) in [6.45, 7) is 1.91. The molecule has 10 heteroatoms. The number of carbonyl (C=O) groups is 1. The maximum absolute atomic E-state index is 12.1. The van der Waals surface area contributed by atoms with Gasteiger partial charge in [0, 0.05) is 17.8 Å². The third kappa shape index (κ3) is 3.41. The molecule has 0 fully saturated rings. The molecule has 10 nitrogen and oxygen atoms in total. The number of aromatic nitrogens is 3. The Morgan fingerprint density at radius 2 is 1.81 bits per heavy atom. The SMILES string of the molecule is CCOC(=O)c1noc2ncnc(Nc3cc(OC)c(OC)c(OC)c3)c12. The first-order chi connectivity index (χ1) is 13.1. The molecule has 27 heavy (non-hydrogen) atoms. The van der Waals surface area contributed by atoms with E-state index in [1.807, 2.05) is 0 Å². The predicted octanol–water partition coefficient (Wildman–Crippen LogP) is 2.56. The molecular formula is C17H18N4O6. The molecule has 0 saturated heterocycles. The molecule has 0 bridgehead atoms. The Bertz CT molecular complexity index is 946. The van der Waals surface area contributed by atoms with E-state index in [0.29, 0.717) is 34.1 Å². The number of fused-ring (bicyclic) bond motifs is 1. The summed E-state index contributed by atoms with van der Waals surface area (Å²) in [6.07, 6.45) is 1.29. The van der Waals surface area contributed by atoms with Crippen LogP contribution in [0, 0.1) is 0 Å². The Balaban J connectivity index is 2.07. The van der Waals surface area contributed by atoms with Gasteiger partial charge in [-0.25, -0.2) is 9.78 Å². The highest BCUT2D eigenvalue weighted by Gasteiger charge is 2.23. The van der Waals surface area contributed by atoms with Crippen molar-refractivity contribution in [2.24, 2.45) is 0 Å². The van der Waals surface area contributed by atoms with Gasteiger partial charge in [0.1, 0.15) is 17.5 Å². The third-order valence-corrected chi connectivity index (χ3v) is 3.67. The van der Waals surface area contributed by atoms with Gasteiger partial charge in [-0.1, -0.05) is 5.16 Å². The van der Waals surface area contributed by atoms with E-state index in [9.17, 15) is 4.79 Å². The number of methoxy groups -OCH3 is 3. The molecule has 0 saturated carbocycles. The normalized spacial score (nSPS) is 10.5. The molecule has 3 rings (SSSR count). The summed E-state index contributed by atoms with van der Waals surface area (Å²) in [5.74, 6) is 1.06. The lowest BCUT2D eigenvalue weighted by Crippen LogP contribution is -2.07. The van der Waals surface area contributed by atoms with Crippen LogP contribution in [0.4, 0.5) is 11.5 Å². The fourth-order valence-corrected chi connectivity index (χ4v) is 2.51. The van der Waals surface area contributed by atoms with Crippen molar-refractivity contribution >= 4 is 28.6 Å². The predicted molar refractivity (Wildman–Crippen MR) is 94.9 cm³/mol. The van der Waals surface area contributed by atoms with Crippen molar-refractivity contribution in [3.8, 4) is 17.2 Å². The van der Waals surface area contributed by atoms with Gasteiger partial charge in [-0.05, 0) is 6.92 Å². The number of benzene rings is 1. The van der Waals surface area contributed by atoms with Crippen LogP contribution in [0.15, 0.2) is 23.0 Å². The number of hydrogen-bond acceptors (Lipinski definition) is 10. The number of hydrogen-bond donors (Lipinski definition) is 1. The summed E-state index contributed by atoms with van der Waals surface area (Å²) in [5.41, 5.74) is 0.728. The van der Waals surface area contributed by atoms with Gasteiger partial charge >= 0.3 is 5.97 Å². The topological polar surface area (TPSA) is 118 Å². The Hall–Kier alpha value is -3.56. The third-order valence-electron chi connectivity index (χ3n) is 3.67. The van der Waals surface area contributed by atoms with Crippen LogP contribution in [0.25, 0.3) is 11.1 Å². The second-order valence-corrected chi connectivity index (χ2v) is 5.19. The maximum atomic E-state index is 12.1. The van der Waals surface area contributed by atoms with E-state index in [2.05, 4.69) is 20.4 Å². The smallest absolute Gasteiger partial charge is 0.361 e. The van der Waals surface area contributed by atoms with E-state index in [1.165, 1.54) is 27.7 Å². The average molecular weight is 374 g/mol. The standard InChI is InChI=1S/C17H18N4O6/c1-5-26-17(22)13-12-15(18-8-19-16(12)27-21-13)20-9-6-10(23-2)14(25-4)11(7-9)24-3/h6-8H,5H2,1-4H3,(H,18,19,20). The van der Waals surface area contributed by atoms with Crippen molar-refractivity contribution in [2.45, 2.75) is 6.92 Å². The van der Waals surface area contributed by atoms with Gasteiger partial charge in [0.05, 0.1) is 27.9 Å². The highest BCUT2D eigenvalue weighted by Crippen LogP contribution is 2.41. The van der Waals surface area contributed by atoms with Gasteiger partial charge in [0.2, 0.25) is 11.4 Å². The lowest BCUT2D eigenvalue weighted by molar-refractivity contribution is 0.0517. The van der Waals surface area contributed by atoms with Crippen LogP contribution in [-0.2, 0) is 4.74 Å². The molecule has 142 valence electrons. The molecule has 3 aromatic rings. The molecule has 0 atom stereocenters. The number of rotatable bonds is 7. The zero-order valence-corrected chi connectivity index (χ0v) is 15.2. The molecule has 0 radical (unpaired) electrons. The summed E-state index contributed by atoms with van der Waals surface area (Å²) >= 11 is 0. The van der Waals surface area contributed by atoms with Crippen LogP contribution in [0.1, 0.15) is 17.4 Å². The summed E-state index contributed by atoms with van der Waals surface area (Å²) in [7, 11) is 4.55. The van der Waals surface area contributed by atoms with Crippen molar-refractivity contribution in [3.05, 3.63) is 24.2 Å². The first-order valence-electron chi connectivity index (χ1n) is 7.97. The molecule has 1 aromatic carbocycles. The molecule has 0 spiro atoms. The highest BCUT2D eigenvalue weighted by molar-refractivity contribution is 6.05. The molecule has 0 aliphatic rings. The quantitative estimate of drug-likeness (QED) is 0.618. The first kappa shape index (κ1) is 18.2. The molecule has 0 unspecified atom stereocenters. The van der Waals surface area contributed by atoms with E-state index >= 15 is 0 Å². The number of anilines is 2. The van der Waals surface area contributed by atoms with E-state index in [-0.39, 0.29) is 18.0 Å². The number of carbonyl (C=O) groups excluding carboxylic acids is 1. The second-order valence-electron chi connectivity index (χ2n) is 5.19. The largest absolute Gasteiger partial charge is 0.493 e. The van der Waals surface area contributed by atoms with Crippen LogP contribution in [0.3, 0.4) is 0 Å². The fraction of sp³-hybridized carbons (Fsp3) is 0.294. The molecule has 0 aliphatic carbocycles. The van der Waals surface area contributed by atoms with Crippen molar-refractivity contribution in [3.63, 3.8) is 0 Å². The Morgan fingerprint density at radius 1 is 1.11 bits per heavy atom. The second kappa shape index (κ2) is 7.77. The summed E-state index contributed by atoms with van der Waals surface area (Å²) in [4.78, 5) is 20.3. The van der Waals surface area contributed by atoms with Crippen molar-refractivity contribution in [1.82, 2.24) is 15.1 Å². The van der Waals surface area contributed by atoms with E-state index in [1.54, 1.807) is 19.1 Å². The molecule has 2 aromatic heterocycles. The van der Waals surface area contributed by atoms with Crippen LogP contribution in [0.2, 0.25) is 0 Å². The van der Waals surface area contributed by atoms with Gasteiger partial charge < -0.3 is 28.8 Å². The van der Waals surface area contributed by atoms with Crippen molar-refractivity contribution in [2.75, 3.05) is 33.3 Å². The summed E-state index contributed by atoms with van der Waals surface area (Å²) in [5, 5.41) is 7.16. The number of esters is 1. The first-order valence-corrected chi connectivity index (χ1v) is 7.97. The van der Waals surface area contributed by atoms with Gasteiger partial charge in [-0.3, -0.25) is 0 Å². The number of nitrogens with one attached hydrogen (secondary N) is 1. The van der Waals surface area contributed by atoms with E-state index in [0.717, 1.165) is 0 Å². The summed E-state index contributed by atoms with van der Waals surface area (Å²) in [6, 6.07) is 3.40. The van der Waals surface area contributed by atoms with Crippen LogP contribution < -0.4 is 19.5 Å². The monoisotopic (exact) mass is 374 g/mol.